The summed E-state index contributed by atoms with van der Waals surface area (Å²) in [4.78, 5) is 21.7. The highest BCUT2D eigenvalue weighted by atomic mass is 19.4. The maximum absolute atomic E-state index is 11.8. The summed E-state index contributed by atoms with van der Waals surface area (Å²) in [6, 6.07) is 5.77. The van der Waals surface area contributed by atoms with Crippen LogP contribution in [0.2, 0.25) is 0 Å². The zero-order valence-electron chi connectivity index (χ0n) is 10.6. The Labute approximate surface area is 117 Å². The fourth-order valence-electron chi connectivity index (χ4n) is 1.27. The Morgan fingerprint density at radius 2 is 1.95 bits per heavy atom. The average molecular weight is 307 g/mol. The van der Waals surface area contributed by atoms with E-state index in [1.54, 1.807) is 0 Å². The van der Waals surface area contributed by atoms with Gasteiger partial charge in [-0.3, -0.25) is 4.79 Å². The molecule has 0 aliphatic rings. The van der Waals surface area contributed by atoms with Crippen LogP contribution in [0.3, 0.4) is 0 Å². The number of amides is 1. The van der Waals surface area contributed by atoms with Crippen molar-refractivity contribution in [2.45, 2.75) is 6.18 Å². The van der Waals surface area contributed by atoms with Crippen LogP contribution in [0.5, 0.6) is 5.75 Å². The number of carbonyl (C=O) groups excluding carboxylic acids is 1. The highest BCUT2D eigenvalue weighted by Crippen LogP contribution is 2.17. The summed E-state index contributed by atoms with van der Waals surface area (Å²) in [5.41, 5.74) is 0.249. The van der Waals surface area contributed by atoms with Crippen LogP contribution >= 0.6 is 0 Å². The summed E-state index contributed by atoms with van der Waals surface area (Å²) in [5.74, 6) is -1.73. The van der Waals surface area contributed by atoms with Gasteiger partial charge < -0.3 is 19.9 Å². The van der Waals surface area contributed by atoms with Gasteiger partial charge in [-0.05, 0) is 12.1 Å². The molecular formula is C12H12F3NO5. The number of carboxylic acids is 1. The predicted octanol–water partition coefficient (Wildman–Crippen LogP) is 1.67. The van der Waals surface area contributed by atoms with Crippen molar-refractivity contribution in [3.8, 4) is 5.75 Å². The number of rotatable bonds is 7. The molecule has 0 bridgehead atoms. The first-order valence-corrected chi connectivity index (χ1v) is 5.65. The molecule has 0 spiro atoms. The molecule has 0 radical (unpaired) electrons. The third-order valence-corrected chi connectivity index (χ3v) is 1.98. The Morgan fingerprint density at radius 1 is 1.24 bits per heavy atom. The number of aliphatic carboxylic acids is 1. The highest BCUT2D eigenvalue weighted by molar-refractivity contribution is 5.91. The molecule has 0 aromatic heterocycles. The van der Waals surface area contributed by atoms with Gasteiger partial charge in [0.15, 0.2) is 6.61 Å². The molecule has 1 rings (SSSR count). The lowest BCUT2D eigenvalue weighted by Crippen LogP contribution is -2.24. The summed E-state index contributed by atoms with van der Waals surface area (Å²) < 4.78 is 44.5. The van der Waals surface area contributed by atoms with Crippen molar-refractivity contribution in [1.29, 1.82) is 0 Å². The molecule has 2 N–H and O–H groups in total. The number of nitrogens with one attached hydrogen (secondary N) is 1. The van der Waals surface area contributed by atoms with E-state index in [1.165, 1.54) is 24.3 Å². The van der Waals surface area contributed by atoms with E-state index in [1.807, 2.05) is 0 Å². The molecule has 0 saturated heterocycles. The number of carbonyl (C=O) groups is 2. The van der Waals surface area contributed by atoms with E-state index in [2.05, 4.69) is 10.1 Å². The number of hydrogen-bond donors (Lipinski definition) is 2. The molecule has 0 unspecified atom stereocenters. The topological polar surface area (TPSA) is 84.9 Å². The molecule has 0 saturated carbocycles. The Kier molecular flexibility index (Phi) is 5.97. The molecule has 0 aliphatic heterocycles. The zero-order valence-corrected chi connectivity index (χ0v) is 10.6. The smallest absolute Gasteiger partial charge is 0.411 e. The van der Waals surface area contributed by atoms with Crippen molar-refractivity contribution in [1.82, 2.24) is 0 Å². The van der Waals surface area contributed by atoms with Crippen LogP contribution in [-0.4, -0.2) is 43.0 Å². The van der Waals surface area contributed by atoms with E-state index in [9.17, 15) is 22.8 Å². The van der Waals surface area contributed by atoms with Crippen molar-refractivity contribution < 1.29 is 37.3 Å². The fraction of sp³-hybridized carbons (Fsp3) is 0.333. The van der Waals surface area contributed by atoms with Gasteiger partial charge in [-0.25, -0.2) is 4.79 Å². The van der Waals surface area contributed by atoms with Gasteiger partial charge in [-0.1, -0.05) is 6.07 Å². The van der Waals surface area contributed by atoms with E-state index in [0.717, 1.165) is 0 Å². The molecule has 9 heteroatoms. The monoisotopic (exact) mass is 307 g/mol. The lowest BCUT2D eigenvalue weighted by molar-refractivity contribution is -0.174. The number of benzene rings is 1. The third kappa shape index (κ3) is 7.78. The van der Waals surface area contributed by atoms with Crippen molar-refractivity contribution >= 4 is 17.6 Å². The lowest BCUT2D eigenvalue weighted by atomic mass is 10.3. The Bertz CT molecular complexity index is 504. The van der Waals surface area contributed by atoms with Gasteiger partial charge in [0.1, 0.15) is 19.0 Å². The molecular weight excluding hydrogens is 295 g/mol. The van der Waals surface area contributed by atoms with Crippen LogP contribution in [0, 0.1) is 0 Å². The largest absolute Gasteiger partial charge is 0.482 e. The number of alkyl halides is 3. The summed E-state index contributed by atoms with van der Waals surface area (Å²) in [6.07, 6.45) is -4.50. The van der Waals surface area contributed by atoms with Crippen LogP contribution in [0.1, 0.15) is 0 Å². The quantitative estimate of drug-likeness (QED) is 0.800. The van der Waals surface area contributed by atoms with Crippen LogP contribution in [0.15, 0.2) is 24.3 Å². The van der Waals surface area contributed by atoms with Gasteiger partial charge in [-0.2, -0.15) is 13.2 Å². The minimum Gasteiger partial charge on any atom is -0.482 e. The molecule has 116 valence electrons. The molecule has 21 heavy (non-hydrogen) atoms. The standard InChI is InChI=1S/C12H12F3NO5/c13-12(14,15)7-20-5-10(17)16-8-2-1-3-9(4-8)21-6-11(18)19/h1-4H,5-7H2,(H,16,17)(H,18,19). The normalized spacial score (nSPS) is 11.0. The minimum absolute atomic E-state index is 0.200. The SMILES string of the molecule is O=C(O)COc1cccc(NC(=O)COCC(F)(F)F)c1. The Balaban J connectivity index is 2.45. The summed E-state index contributed by atoms with van der Waals surface area (Å²) >= 11 is 0. The molecule has 1 aromatic carbocycles. The molecule has 0 heterocycles. The Morgan fingerprint density at radius 3 is 2.57 bits per heavy atom. The first kappa shape index (κ1) is 16.8. The van der Waals surface area contributed by atoms with E-state index >= 15 is 0 Å². The Hall–Kier alpha value is -2.29. The molecule has 0 atom stereocenters. The van der Waals surface area contributed by atoms with Crippen LogP contribution in [0.4, 0.5) is 18.9 Å². The van der Waals surface area contributed by atoms with Crippen molar-refractivity contribution in [2.75, 3.05) is 25.1 Å². The van der Waals surface area contributed by atoms with Gasteiger partial charge in [-0.15, -0.1) is 0 Å². The molecule has 1 aromatic rings. The van der Waals surface area contributed by atoms with Crippen LogP contribution in [0.25, 0.3) is 0 Å². The van der Waals surface area contributed by atoms with Crippen LogP contribution < -0.4 is 10.1 Å². The van der Waals surface area contributed by atoms with Crippen LogP contribution in [-0.2, 0) is 14.3 Å². The fourth-order valence-corrected chi connectivity index (χ4v) is 1.27. The number of halogens is 3. The number of carboxylic acid groups (broad SMARTS) is 1. The van der Waals surface area contributed by atoms with E-state index in [0.29, 0.717) is 0 Å². The molecule has 0 fully saturated rings. The number of ether oxygens (including phenoxy) is 2. The van der Waals surface area contributed by atoms with E-state index in [-0.39, 0.29) is 11.4 Å². The van der Waals surface area contributed by atoms with E-state index < -0.39 is 37.9 Å². The van der Waals surface area contributed by atoms with Gasteiger partial charge >= 0.3 is 12.1 Å². The summed E-state index contributed by atoms with van der Waals surface area (Å²) in [6.45, 7) is -2.81. The third-order valence-electron chi connectivity index (χ3n) is 1.98. The van der Waals surface area contributed by atoms with E-state index in [4.69, 9.17) is 9.84 Å². The first-order valence-electron chi connectivity index (χ1n) is 5.65. The van der Waals surface area contributed by atoms with Crippen molar-refractivity contribution in [3.63, 3.8) is 0 Å². The number of anilines is 1. The lowest BCUT2D eigenvalue weighted by Gasteiger charge is -2.09. The van der Waals surface area contributed by atoms with Crippen molar-refractivity contribution in [3.05, 3.63) is 24.3 Å². The maximum atomic E-state index is 11.8. The minimum atomic E-state index is -4.50. The molecule has 1 amide bonds. The molecule has 0 aliphatic carbocycles. The number of hydrogen-bond acceptors (Lipinski definition) is 4. The second kappa shape index (κ2) is 7.48. The summed E-state index contributed by atoms with van der Waals surface area (Å²) in [5, 5.41) is 10.7. The zero-order chi connectivity index (χ0) is 15.9. The second-order valence-corrected chi connectivity index (χ2v) is 3.87. The predicted molar refractivity (Wildman–Crippen MR) is 65.1 cm³/mol. The van der Waals surface area contributed by atoms with Crippen molar-refractivity contribution in [2.24, 2.45) is 0 Å². The highest BCUT2D eigenvalue weighted by Gasteiger charge is 2.27. The average Bonchev–Trinajstić information content (AvgIpc) is 2.35. The molecule has 6 nitrogen and oxygen atoms in total. The first-order chi connectivity index (χ1) is 9.76. The summed E-state index contributed by atoms with van der Waals surface area (Å²) in [7, 11) is 0. The second-order valence-electron chi connectivity index (χ2n) is 3.87. The van der Waals surface area contributed by atoms with Gasteiger partial charge in [0.25, 0.3) is 0 Å². The maximum Gasteiger partial charge on any atom is 0.411 e. The van der Waals surface area contributed by atoms with Gasteiger partial charge in [0, 0.05) is 11.8 Å². The van der Waals surface area contributed by atoms with Gasteiger partial charge in [0.05, 0.1) is 0 Å². The van der Waals surface area contributed by atoms with Gasteiger partial charge in [0.2, 0.25) is 5.91 Å².